The molecule has 1 aliphatic carbocycles. The maximum atomic E-state index is 13.2. The van der Waals surface area contributed by atoms with Crippen LogP contribution in [0.5, 0.6) is 0 Å². The Morgan fingerprint density at radius 1 is 1.37 bits per heavy atom. The zero-order valence-electron chi connectivity index (χ0n) is 11.1. The van der Waals surface area contributed by atoms with Gasteiger partial charge in [-0.1, -0.05) is 6.07 Å². The number of piperazine rings is 1. The minimum atomic E-state index is -0.457. The van der Waals surface area contributed by atoms with Crippen LogP contribution in [0.25, 0.3) is 0 Å². The van der Waals surface area contributed by atoms with Crippen LogP contribution in [0.1, 0.15) is 19.8 Å². The molecule has 1 atom stereocenters. The number of rotatable bonds is 2. The highest BCUT2D eigenvalue weighted by Gasteiger charge is 2.36. The Morgan fingerprint density at radius 3 is 2.79 bits per heavy atom. The standard InChI is InChI=1S/C14H18FN3O/c1-10-9-17(14(19)11-5-6-11)7-8-18(10)13-4-2-3-12(15)16-13/h2-4,10-11H,5-9H2,1H3. The molecule has 2 aliphatic rings. The lowest BCUT2D eigenvalue weighted by Gasteiger charge is -2.40. The van der Waals surface area contributed by atoms with E-state index in [1.54, 1.807) is 6.07 Å². The van der Waals surface area contributed by atoms with Crippen molar-refractivity contribution in [3.05, 3.63) is 24.1 Å². The Bertz CT molecular complexity index is 489. The fraction of sp³-hybridized carbons (Fsp3) is 0.571. The second kappa shape index (κ2) is 4.79. The molecule has 0 aromatic carbocycles. The molecule has 19 heavy (non-hydrogen) atoms. The van der Waals surface area contributed by atoms with Crippen LogP contribution in [-0.4, -0.2) is 41.5 Å². The quantitative estimate of drug-likeness (QED) is 0.762. The van der Waals surface area contributed by atoms with E-state index in [1.807, 2.05) is 11.0 Å². The maximum Gasteiger partial charge on any atom is 0.225 e. The highest BCUT2D eigenvalue weighted by molar-refractivity contribution is 5.81. The topological polar surface area (TPSA) is 36.4 Å². The van der Waals surface area contributed by atoms with Crippen LogP contribution >= 0.6 is 0 Å². The average Bonchev–Trinajstić information content (AvgIpc) is 3.22. The molecule has 2 fully saturated rings. The normalized spacial score (nSPS) is 23.6. The molecule has 0 radical (unpaired) electrons. The number of hydrogen-bond acceptors (Lipinski definition) is 3. The molecule has 1 aromatic heterocycles. The van der Waals surface area contributed by atoms with Gasteiger partial charge in [0.25, 0.3) is 0 Å². The van der Waals surface area contributed by atoms with E-state index in [-0.39, 0.29) is 12.0 Å². The molecule has 3 rings (SSSR count). The summed E-state index contributed by atoms with van der Waals surface area (Å²) in [6, 6.07) is 5.01. The predicted octanol–water partition coefficient (Wildman–Crippen LogP) is 1.67. The van der Waals surface area contributed by atoms with E-state index in [0.717, 1.165) is 19.4 Å². The van der Waals surface area contributed by atoms with Crippen molar-refractivity contribution >= 4 is 11.7 Å². The van der Waals surface area contributed by atoms with Crippen LogP contribution in [0.3, 0.4) is 0 Å². The van der Waals surface area contributed by atoms with Gasteiger partial charge in [-0.05, 0) is 31.9 Å². The van der Waals surface area contributed by atoms with E-state index in [0.29, 0.717) is 24.8 Å². The number of nitrogens with zero attached hydrogens (tertiary/aromatic N) is 3. The summed E-state index contributed by atoms with van der Waals surface area (Å²) < 4.78 is 13.2. The smallest absolute Gasteiger partial charge is 0.225 e. The highest BCUT2D eigenvalue weighted by atomic mass is 19.1. The number of aromatic nitrogens is 1. The first-order valence-corrected chi connectivity index (χ1v) is 6.83. The Balaban J connectivity index is 1.68. The Kier molecular flexibility index (Phi) is 3.12. The van der Waals surface area contributed by atoms with Gasteiger partial charge >= 0.3 is 0 Å². The van der Waals surface area contributed by atoms with E-state index in [9.17, 15) is 9.18 Å². The number of halogens is 1. The van der Waals surface area contributed by atoms with Crippen LogP contribution < -0.4 is 4.90 Å². The lowest BCUT2D eigenvalue weighted by atomic mass is 10.1. The lowest BCUT2D eigenvalue weighted by molar-refractivity contribution is -0.133. The summed E-state index contributed by atoms with van der Waals surface area (Å²) in [5, 5.41) is 0. The third-order valence-corrected chi connectivity index (χ3v) is 3.86. The summed E-state index contributed by atoms with van der Waals surface area (Å²) in [5.41, 5.74) is 0. The Morgan fingerprint density at radius 2 is 2.16 bits per heavy atom. The van der Waals surface area contributed by atoms with Crippen molar-refractivity contribution in [2.45, 2.75) is 25.8 Å². The van der Waals surface area contributed by atoms with Gasteiger partial charge in [0.2, 0.25) is 11.9 Å². The van der Waals surface area contributed by atoms with Crippen molar-refractivity contribution in [3.63, 3.8) is 0 Å². The third-order valence-electron chi connectivity index (χ3n) is 3.86. The van der Waals surface area contributed by atoms with Crippen LogP contribution in [0.2, 0.25) is 0 Å². The zero-order valence-corrected chi connectivity index (χ0v) is 11.1. The molecule has 0 spiro atoms. The molecule has 4 nitrogen and oxygen atoms in total. The fourth-order valence-corrected chi connectivity index (χ4v) is 2.64. The number of pyridine rings is 1. The predicted molar refractivity (Wildman–Crippen MR) is 70.3 cm³/mol. The van der Waals surface area contributed by atoms with Crippen LogP contribution in [0, 0.1) is 11.9 Å². The van der Waals surface area contributed by atoms with Gasteiger partial charge in [-0.2, -0.15) is 4.39 Å². The fourth-order valence-electron chi connectivity index (χ4n) is 2.64. The van der Waals surface area contributed by atoms with Crippen LogP contribution in [-0.2, 0) is 4.79 Å². The van der Waals surface area contributed by atoms with Gasteiger partial charge in [-0.3, -0.25) is 4.79 Å². The second-order valence-electron chi connectivity index (χ2n) is 5.42. The molecule has 102 valence electrons. The minimum absolute atomic E-state index is 0.172. The van der Waals surface area contributed by atoms with E-state index < -0.39 is 5.95 Å². The summed E-state index contributed by atoms with van der Waals surface area (Å²) in [6.45, 7) is 4.18. The molecule has 1 unspecified atom stereocenters. The number of hydrogen-bond donors (Lipinski definition) is 0. The van der Waals surface area contributed by atoms with Crippen molar-refractivity contribution < 1.29 is 9.18 Å². The molecule has 5 heteroatoms. The molecule has 0 N–H and O–H groups in total. The largest absolute Gasteiger partial charge is 0.350 e. The van der Waals surface area contributed by atoms with Gasteiger partial charge in [0.05, 0.1) is 0 Å². The summed E-state index contributed by atoms with van der Waals surface area (Å²) >= 11 is 0. The first-order valence-electron chi connectivity index (χ1n) is 6.83. The zero-order chi connectivity index (χ0) is 13.4. The van der Waals surface area contributed by atoms with Gasteiger partial charge in [0.15, 0.2) is 0 Å². The molecule has 1 saturated heterocycles. The minimum Gasteiger partial charge on any atom is -0.350 e. The molecule has 2 heterocycles. The first kappa shape index (κ1) is 12.4. The summed E-state index contributed by atoms with van der Waals surface area (Å²) in [7, 11) is 0. The van der Waals surface area contributed by atoms with Crippen molar-refractivity contribution in [1.82, 2.24) is 9.88 Å². The van der Waals surface area contributed by atoms with Crippen molar-refractivity contribution in [2.75, 3.05) is 24.5 Å². The van der Waals surface area contributed by atoms with Gasteiger partial charge in [0.1, 0.15) is 5.82 Å². The number of anilines is 1. The summed E-state index contributed by atoms with van der Waals surface area (Å²) in [5.74, 6) is 0.761. The maximum absolute atomic E-state index is 13.2. The van der Waals surface area contributed by atoms with Crippen LogP contribution in [0.15, 0.2) is 18.2 Å². The van der Waals surface area contributed by atoms with Crippen molar-refractivity contribution in [2.24, 2.45) is 5.92 Å². The number of carbonyl (C=O) groups is 1. The number of carbonyl (C=O) groups excluding carboxylic acids is 1. The molecule has 1 aromatic rings. The van der Waals surface area contributed by atoms with E-state index >= 15 is 0 Å². The molecule has 1 aliphatic heterocycles. The van der Waals surface area contributed by atoms with Gasteiger partial charge in [0, 0.05) is 31.6 Å². The average molecular weight is 263 g/mol. The van der Waals surface area contributed by atoms with Crippen LogP contribution in [0.4, 0.5) is 10.2 Å². The van der Waals surface area contributed by atoms with E-state index in [2.05, 4.69) is 16.8 Å². The second-order valence-corrected chi connectivity index (χ2v) is 5.42. The molecule has 0 bridgehead atoms. The van der Waals surface area contributed by atoms with Gasteiger partial charge < -0.3 is 9.80 Å². The Labute approximate surface area is 112 Å². The van der Waals surface area contributed by atoms with Gasteiger partial charge in [-0.25, -0.2) is 4.98 Å². The monoisotopic (exact) mass is 263 g/mol. The lowest BCUT2D eigenvalue weighted by Crippen LogP contribution is -2.54. The number of amides is 1. The molecule has 1 saturated carbocycles. The molecular weight excluding hydrogens is 245 g/mol. The highest BCUT2D eigenvalue weighted by Crippen LogP contribution is 2.32. The van der Waals surface area contributed by atoms with Crippen molar-refractivity contribution in [1.29, 1.82) is 0 Å². The Hall–Kier alpha value is -1.65. The summed E-state index contributed by atoms with van der Waals surface area (Å²) in [4.78, 5) is 20.0. The van der Waals surface area contributed by atoms with E-state index in [4.69, 9.17) is 0 Å². The van der Waals surface area contributed by atoms with Gasteiger partial charge in [-0.15, -0.1) is 0 Å². The van der Waals surface area contributed by atoms with Crippen molar-refractivity contribution in [3.8, 4) is 0 Å². The first-order chi connectivity index (χ1) is 9.15. The molecular formula is C14H18FN3O. The SMILES string of the molecule is CC1CN(C(=O)C2CC2)CCN1c1cccc(F)n1. The van der Waals surface area contributed by atoms with E-state index in [1.165, 1.54) is 6.07 Å². The molecule has 1 amide bonds. The third kappa shape index (κ3) is 2.55. The summed E-state index contributed by atoms with van der Waals surface area (Å²) in [6.07, 6.45) is 2.08.